The van der Waals surface area contributed by atoms with E-state index in [9.17, 15) is 24.0 Å². The van der Waals surface area contributed by atoms with Gasteiger partial charge in [0, 0.05) is 26.6 Å². The number of carbonyl (C=O) groups excluding carboxylic acids is 5. The number of hydrogen-bond donors (Lipinski definition) is 1. The van der Waals surface area contributed by atoms with E-state index in [0.29, 0.717) is 38.8 Å². The summed E-state index contributed by atoms with van der Waals surface area (Å²) in [5.41, 5.74) is 0. The van der Waals surface area contributed by atoms with Crippen molar-refractivity contribution >= 4 is 29.6 Å². The van der Waals surface area contributed by atoms with Crippen LogP contribution in [0, 0.1) is 12.3 Å². The fourth-order valence-corrected chi connectivity index (χ4v) is 4.60. The Kier molecular flexibility index (Phi) is 7.38. The van der Waals surface area contributed by atoms with Crippen LogP contribution in [0.5, 0.6) is 0 Å². The first-order chi connectivity index (χ1) is 15.3. The van der Waals surface area contributed by atoms with Gasteiger partial charge in [0.2, 0.25) is 23.6 Å². The minimum atomic E-state index is -0.979. The summed E-state index contributed by atoms with van der Waals surface area (Å²) in [6.07, 6.45) is 7.59. The van der Waals surface area contributed by atoms with Crippen molar-refractivity contribution in [2.75, 3.05) is 26.7 Å². The van der Waals surface area contributed by atoms with Gasteiger partial charge in [-0.15, -0.1) is 12.3 Å². The Morgan fingerprint density at radius 2 is 1.69 bits per heavy atom. The summed E-state index contributed by atoms with van der Waals surface area (Å²) in [7, 11) is 1.48. The van der Waals surface area contributed by atoms with Gasteiger partial charge in [0.25, 0.3) is 0 Å². The summed E-state index contributed by atoms with van der Waals surface area (Å²) in [4.78, 5) is 68.5. The zero-order valence-corrected chi connectivity index (χ0v) is 18.5. The molecule has 0 saturated carbocycles. The Bertz CT molecular complexity index is 837. The van der Waals surface area contributed by atoms with Gasteiger partial charge in [-0.05, 0) is 32.6 Å². The quantitative estimate of drug-likeness (QED) is 0.419. The monoisotopic (exact) mass is 446 g/mol. The molecule has 3 rings (SSSR count). The lowest BCUT2D eigenvalue weighted by Gasteiger charge is -2.33. The molecule has 3 aliphatic heterocycles. The molecule has 4 amide bonds. The molecule has 0 aromatic heterocycles. The van der Waals surface area contributed by atoms with E-state index in [0.717, 1.165) is 0 Å². The van der Waals surface area contributed by atoms with Gasteiger partial charge < -0.3 is 24.8 Å². The molecular weight excluding hydrogens is 416 g/mol. The van der Waals surface area contributed by atoms with Crippen LogP contribution in [0.4, 0.5) is 0 Å². The van der Waals surface area contributed by atoms with Crippen LogP contribution in [-0.4, -0.2) is 95.2 Å². The highest BCUT2D eigenvalue weighted by molar-refractivity contribution is 5.95. The van der Waals surface area contributed by atoms with Crippen LogP contribution < -0.4 is 5.32 Å². The standard InChI is InChI=1S/C22H30N4O6/c1-4-7-15-19(28)23-14(2)20(29)26-12-6-9-17(26)22(31)32-13-10-18(27)25-11-5-8-16(25)21(30)24(15)3/h1,14-17H,5-13H2,2-3H3,(H,23,28). The number of amides is 4. The van der Waals surface area contributed by atoms with Gasteiger partial charge in [-0.1, -0.05) is 0 Å². The first-order valence-electron chi connectivity index (χ1n) is 11.0. The van der Waals surface area contributed by atoms with Crippen molar-refractivity contribution in [3.63, 3.8) is 0 Å². The minimum absolute atomic E-state index is 0.0334. The van der Waals surface area contributed by atoms with Crippen molar-refractivity contribution < 1.29 is 28.7 Å². The lowest BCUT2D eigenvalue weighted by atomic mass is 10.1. The van der Waals surface area contributed by atoms with E-state index in [-0.39, 0.29) is 31.3 Å². The Balaban J connectivity index is 1.89. The maximum atomic E-state index is 13.2. The van der Waals surface area contributed by atoms with Crippen molar-refractivity contribution in [2.45, 2.75) is 69.6 Å². The average Bonchev–Trinajstić information content (AvgIpc) is 3.44. The highest BCUT2D eigenvalue weighted by atomic mass is 16.5. The normalized spacial score (nSPS) is 30.5. The third-order valence-corrected chi connectivity index (χ3v) is 6.38. The number of terminal acetylenes is 1. The van der Waals surface area contributed by atoms with Crippen molar-refractivity contribution in [3.8, 4) is 12.3 Å². The molecule has 3 saturated heterocycles. The Morgan fingerprint density at radius 1 is 1.03 bits per heavy atom. The second-order valence-corrected chi connectivity index (χ2v) is 8.46. The average molecular weight is 447 g/mol. The predicted molar refractivity (Wildman–Crippen MR) is 113 cm³/mol. The molecule has 0 aromatic carbocycles. The lowest BCUT2D eigenvalue weighted by Crippen LogP contribution is -2.57. The molecule has 3 aliphatic rings. The van der Waals surface area contributed by atoms with Gasteiger partial charge in [-0.2, -0.15) is 0 Å². The summed E-state index contributed by atoms with van der Waals surface area (Å²) in [5.74, 6) is 0.222. The molecule has 0 aliphatic carbocycles. The van der Waals surface area contributed by atoms with Gasteiger partial charge >= 0.3 is 5.97 Å². The van der Waals surface area contributed by atoms with E-state index in [1.807, 2.05) is 0 Å². The number of likely N-dealkylation sites (N-methyl/N-ethyl adjacent to an activating group) is 1. The predicted octanol–water partition coefficient (Wildman–Crippen LogP) is -0.730. The minimum Gasteiger partial charge on any atom is -0.464 e. The van der Waals surface area contributed by atoms with Crippen molar-refractivity contribution in [2.24, 2.45) is 0 Å². The number of esters is 1. The number of fused-ring (bicyclic) bond motifs is 2. The topological polar surface area (TPSA) is 116 Å². The molecule has 10 heteroatoms. The Morgan fingerprint density at radius 3 is 2.38 bits per heavy atom. The fourth-order valence-electron chi connectivity index (χ4n) is 4.60. The van der Waals surface area contributed by atoms with Crippen LogP contribution in [0.1, 0.15) is 45.4 Å². The molecule has 10 nitrogen and oxygen atoms in total. The van der Waals surface area contributed by atoms with Gasteiger partial charge in [0.05, 0.1) is 6.42 Å². The van der Waals surface area contributed by atoms with Crippen LogP contribution >= 0.6 is 0 Å². The molecule has 0 bridgehead atoms. The third-order valence-electron chi connectivity index (χ3n) is 6.38. The maximum Gasteiger partial charge on any atom is 0.328 e. The number of nitrogens with zero attached hydrogens (tertiary/aromatic N) is 3. The molecule has 0 radical (unpaired) electrons. The molecule has 32 heavy (non-hydrogen) atoms. The summed E-state index contributed by atoms with van der Waals surface area (Å²) >= 11 is 0. The first kappa shape index (κ1) is 23.6. The zero-order valence-electron chi connectivity index (χ0n) is 18.5. The smallest absolute Gasteiger partial charge is 0.328 e. The maximum absolute atomic E-state index is 13.2. The third kappa shape index (κ3) is 4.71. The van der Waals surface area contributed by atoms with Gasteiger partial charge in [-0.3, -0.25) is 19.2 Å². The summed E-state index contributed by atoms with van der Waals surface area (Å²) in [6.45, 7) is 2.22. The number of cyclic esters (lactones) is 1. The van der Waals surface area contributed by atoms with Gasteiger partial charge in [0.15, 0.2) is 0 Å². The van der Waals surface area contributed by atoms with Gasteiger partial charge in [0.1, 0.15) is 30.8 Å². The fraction of sp³-hybridized carbons (Fsp3) is 0.682. The summed E-state index contributed by atoms with van der Waals surface area (Å²) in [5, 5.41) is 2.64. The van der Waals surface area contributed by atoms with E-state index in [2.05, 4.69) is 11.2 Å². The van der Waals surface area contributed by atoms with Crippen molar-refractivity contribution in [1.29, 1.82) is 0 Å². The summed E-state index contributed by atoms with van der Waals surface area (Å²) in [6, 6.07) is -3.33. The van der Waals surface area contributed by atoms with E-state index >= 15 is 0 Å². The van der Waals surface area contributed by atoms with E-state index in [4.69, 9.17) is 11.2 Å². The van der Waals surface area contributed by atoms with Gasteiger partial charge in [-0.25, -0.2) is 4.79 Å². The largest absolute Gasteiger partial charge is 0.464 e. The Labute approximate surface area is 187 Å². The molecule has 174 valence electrons. The van der Waals surface area contributed by atoms with Crippen LogP contribution in [0.3, 0.4) is 0 Å². The first-order valence-corrected chi connectivity index (χ1v) is 11.0. The van der Waals surface area contributed by atoms with Crippen LogP contribution in [0.2, 0.25) is 0 Å². The van der Waals surface area contributed by atoms with E-state index in [1.165, 1.54) is 28.7 Å². The van der Waals surface area contributed by atoms with Crippen LogP contribution in [0.15, 0.2) is 0 Å². The number of carbonyl (C=O) groups is 5. The Hall–Kier alpha value is -3.09. The van der Waals surface area contributed by atoms with Crippen molar-refractivity contribution in [3.05, 3.63) is 0 Å². The zero-order chi connectivity index (χ0) is 23.4. The number of hydrogen-bond acceptors (Lipinski definition) is 6. The molecule has 0 spiro atoms. The second kappa shape index (κ2) is 10.0. The molecule has 3 fully saturated rings. The highest BCUT2D eigenvalue weighted by Gasteiger charge is 2.41. The van der Waals surface area contributed by atoms with E-state index in [1.54, 1.807) is 0 Å². The van der Waals surface area contributed by atoms with Crippen LogP contribution in [-0.2, 0) is 28.7 Å². The molecule has 0 aromatic rings. The molecule has 1 N–H and O–H groups in total. The number of rotatable bonds is 1. The highest BCUT2D eigenvalue weighted by Crippen LogP contribution is 2.23. The molecule has 3 heterocycles. The number of nitrogens with one attached hydrogen (secondary N) is 1. The van der Waals surface area contributed by atoms with Crippen molar-refractivity contribution in [1.82, 2.24) is 20.0 Å². The number of ether oxygens (including phenoxy) is 1. The molecule has 4 unspecified atom stereocenters. The second-order valence-electron chi connectivity index (χ2n) is 8.46. The molecular formula is C22H30N4O6. The SMILES string of the molecule is C#CCC1C(=O)NC(C)C(=O)N2CCCC2C(=O)OCCC(=O)N2CCCC2C(=O)N1C. The van der Waals surface area contributed by atoms with Crippen LogP contribution in [0.25, 0.3) is 0 Å². The summed E-state index contributed by atoms with van der Waals surface area (Å²) < 4.78 is 5.29. The lowest BCUT2D eigenvalue weighted by molar-refractivity contribution is -0.156. The van der Waals surface area contributed by atoms with E-state index < -0.39 is 42.0 Å². The molecule has 4 atom stereocenters.